The highest BCUT2D eigenvalue weighted by atomic mass is 35.5. The van der Waals surface area contributed by atoms with Gasteiger partial charge in [-0.3, -0.25) is 10.8 Å². The molecule has 0 amide bonds. The molecule has 2 aliphatic rings. The van der Waals surface area contributed by atoms with Crippen molar-refractivity contribution < 1.29 is 4.74 Å². The highest BCUT2D eigenvalue weighted by molar-refractivity contribution is 6.30. The maximum Gasteiger partial charge on any atom is 0.127 e. The molecule has 0 aromatic heterocycles. The Labute approximate surface area is 177 Å². The first-order valence-electron chi connectivity index (χ1n) is 10.1. The number of hydrogen-bond donors (Lipinski definition) is 3. The molecule has 4 rings (SSSR count). The van der Waals surface area contributed by atoms with Crippen LogP contribution in [-0.2, 0) is 17.7 Å². The van der Waals surface area contributed by atoms with Crippen molar-refractivity contribution in [2.24, 2.45) is 10.8 Å². The Balaban J connectivity index is 1.65. The van der Waals surface area contributed by atoms with Crippen molar-refractivity contribution in [2.45, 2.75) is 31.3 Å². The Morgan fingerprint density at radius 3 is 2.76 bits per heavy atom. The number of nitrogens with one attached hydrogen (secondary N) is 2. The van der Waals surface area contributed by atoms with Gasteiger partial charge in [-0.15, -0.1) is 0 Å². The van der Waals surface area contributed by atoms with Crippen molar-refractivity contribution in [1.29, 1.82) is 0 Å². The Hall–Kier alpha value is -2.12. The maximum absolute atomic E-state index is 6.14. The van der Waals surface area contributed by atoms with Gasteiger partial charge >= 0.3 is 0 Å². The summed E-state index contributed by atoms with van der Waals surface area (Å²) in [6.07, 6.45) is 2.63. The van der Waals surface area contributed by atoms with E-state index in [4.69, 9.17) is 27.2 Å². The minimum Gasteiger partial charge on any atom is -0.381 e. The van der Waals surface area contributed by atoms with Crippen molar-refractivity contribution >= 4 is 28.8 Å². The van der Waals surface area contributed by atoms with Crippen LogP contribution < -0.4 is 16.5 Å². The molecule has 0 saturated carbocycles. The minimum absolute atomic E-state index is 0.242. The van der Waals surface area contributed by atoms with Gasteiger partial charge in [0, 0.05) is 44.7 Å². The molecule has 1 spiro atoms. The second kappa shape index (κ2) is 8.71. The predicted molar refractivity (Wildman–Crippen MR) is 120 cm³/mol. The number of amidine groups is 1. The fourth-order valence-corrected chi connectivity index (χ4v) is 4.19. The number of fused-ring (bicyclic) bond motifs is 1. The number of rotatable bonds is 5. The zero-order valence-corrected chi connectivity index (χ0v) is 17.5. The molecule has 1 fully saturated rings. The molecule has 6 nitrogen and oxygen atoms in total. The lowest BCUT2D eigenvalue weighted by molar-refractivity contribution is 0.0778. The van der Waals surface area contributed by atoms with E-state index in [0.29, 0.717) is 19.8 Å². The van der Waals surface area contributed by atoms with Crippen molar-refractivity contribution in [2.75, 3.05) is 37.4 Å². The van der Waals surface area contributed by atoms with Crippen LogP contribution >= 0.6 is 11.6 Å². The van der Waals surface area contributed by atoms with Gasteiger partial charge in [0.15, 0.2) is 0 Å². The van der Waals surface area contributed by atoms with E-state index in [-0.39, 0.29) is 5.54 Å². The smallest absolute Gasteiger partial charge is 0.127 e. The van der Waals surface area contributed by atoms with Crippen LogP contribution in [-0.4, -0.2) is 43.2 Å². The second-order valence-electron chi connectivity index (χ2n) is 7.81. The van der Waals surface area contributed by atoms with Crippen LogP contribution in [0, 0.1) is 0 Å². The number of halogens is 1. The number of ether oxygens (including phenoxy) is 1. The van der Waals surface area contributed by atoms with Crippen LogP contribution in [0.15, 0.2) is 47.5 Å². The number of hydrogen-bond acceptors (Lipinski definition) is 5. The van der Waals surface area contributed by atoms with E-state index in [9.17, 15) is 0 Å². The molecule has 2 heterocycles. The van der Waals surface area contributed by atoms with Crippen molar-refractivity contribution in [3.05, 3.63) is 58.6 Å². The van der Waals surface area contributed by atoms with Crippen LogP contribution in [0.25, 0.3) is 0 Å². The number of nitrogens with two attached hydrogens (primary N) is 1. The quantitative estimate of drug-likeness (QED) is 0.515. The summed E-state index contributed by atoms with van der Waals surface area (Å²) in [5, 5.41) is 9.92. The fraction of sp³-hybridized carbons (Fsp3) is 0.409. The van der Waals surface area contributed by atoms with Crippen LogP contribution in [0.5, 0.6) is 0 Å². The third-order valence-corrected chi connectivity index (χ3v) is 5.85. The molecule has 29 heavy (non-hydrogen) atoms. The van der Waals surface area contributed by atoms with E-state index in [0.717, 1.165) is 53.6 Å². The molecule has 0 unspecified atom stereocenters. The lowest BCUT2D eigenvalue weighted by Gasteiger charge is -2.44. The van der Waals surface area contributed by atoms with Crippen molar-refractivity contribution in [3.8, 4) is 0 Å². The SMILES string of the molecule is CN(N)CCc1cccc2c1NC1(CCOCC1)C(=NCc1cccc(Cl)c1)N2. The summed E-state index contributed by atoms with van der Waals surface area (Å²) >= 11 is 6.14. The summed E-state index contributed by atoms with van der Waals surface area (Å²) in [4.78, 5) is 4.97. The number of para-hydroxylation sites is 1. The first kappa shape index (κ1) is 20.2. The molecular formula is C22H28ClN5O. The Bertz CT molecular complexity index is 893. The van der Waals surface area contributed by atoms with Crippen LogP contribution in [0.2, 0.25) is 5.02 Å². The standard InChI is InChI=1S/C22H28ClN5O/c1-28(24)11-8-17-5-3-7-19-20(17)27-22(9-12-29-13-10-22)21(26-19)25-15-16-4-2-6-18(23)14-16/h2-7,14,27H,8-13,15,24H2,1H3,(H,25,26). The summed E-state index contributed by atoms with van der Waals surface area (Å²) in [6.45, 7) is 2.81. The van der Waals surface area contributed by atoms with Gasteiger partial charge in [-0.2, -0.15) is 0 Å². The summed E-state index contributed by atoms with van der Waals surface area (Å²) in [7, 11) is 1.89. The molecule has 2 aliphatic heterocycles. The van der Waals surface area contributed by atoms with Crippen LogP contribution in [0.3, 0.4) is 0 Å². The Morgan fingerprint density at radius 1 is 1.21 bits per heavy atom. The topological polar surface area (TPSA) is 74.9 Å². The summed E-state index contributed by atoms with van der Waals surface area (Å²) in [5.74, 6) is 6.81. The zero-order valence-electron chi connectivity index (χ0n) is 16.7. The summed E-state index contributed by atoms with van der Waals surface area (Å²) in [6, 6.07) is 14.2. The van der Waals surface area contributed by atoms with Gasteiger partial charge in [-0.1, -0.05) is 35.9 Å². The molecule has 2 aromatic carbocycles. The average Bonchev–Trinajstić information content (AvgIpc) is 2.71. The molecule has 1 saturated heterocycles. The highest BCUT2D eigenvalue weighted by Gasteiger charge is 2.41. The number of likely N-dealkylation sites (N-methyl/N-ethyl adjacent to an activating group) is 1. The molecule has 0 radical (unpaired) electrons. The third kappa shape index (κ3) is 4.56. The first-order chi connectivity index (χ1) is 14.1. The number of nitrogens with zero attached hydrogens (tertiary/aromatic N) is 2. The number of benzene rings is 2. The lowest BCUT2D eigenvalue weighted by Crippen LogP contribution is -2.56. The monoisotopic (exact) mass is 413 g/mol. The molecular weight excluding hydrogens is 386 g/mol. The largest absolute Gasteiger partial charge is 0.381 e. The molecule has 154 valence electrons. The normalized spacial score (nSPS) is 19.1. The number of anilines is 2. The zero-order chi connectivity index (χ0) is 20.3. The van der Waals surface area contributed by atoms with Crippen LogP contribution in [0.1, 0.15) is 24.0 Å². The highest BCUT2D eigenvalue weighted by Crippen LogP contribution is 2.39. The third-order valence-electron chi connectivity index (χ3n) is 5.61. The van der Waals surface area contributed by atoms with Crippen molar-refractivity contribution in [3.63, 3.8) is 0 Å². The Kier molecular flexibility index (Phi) is 6.06. The van der Waals surface area contributed by atoms with Gasteiger partial charge in [0.05, 0.1) is 23.5 Å². The van der Waals surface area contributed by atoms with E-state index >= 15 is 0 Å². The number of hydrazine groups is 1. The van der Waals surface area contributed by atoms with Crippen molar-refractivity contribution in [1.82, 2.24) is 5.01 Å². The number of aliphatic imine (C=N–C) groups is 1. The van der Waals surface area contributed by atoms with Gasteiger partial charge in [0.2, 0.25) is 0 Å². The predicted octanol–water partition coefficient (Wildman–Crippen LogP) is 3.67. The van der Waals surface area contributed by atoms with E-state index in [1.165, 1.54) is 5.56 Å². The van der Waals surface area contributed by atoms with Gasteiger partial charge < -0.3 is 15.4 Å². The maximum atomic E-state index is 6.14. The molecule has 2 aromatic rings. The second-order valence-corrected chi connectivity index (χ2v) is 8.25. The molecule has 0 bridgehead atoms. The van der Waals surface area contributed by atoms with E-state index < -0.39 is 0 Å². The average molecular weight is 414 g/mol. The molecule has 7 heteroatoms. The van der Waals surface area contributed by atoms with Crippen LogP contribution in [0.4, 0.5) is 11.4 Å². The van der Waals surface area contributed by atoms with E-state index in [1.54, 1.807) is 5.01 Å². The van der Waals surface area contributed by atoms with Gasteiger partial charge in [0.25, 0.3) is 0 Å². The van der Waals surface area contributed by atoms with E-state index in [1.807, 2.05) is 25.2 Å². The van der Waals surface area contributed by atoms with Gasteiger partial charge in [-0.25, -0.2) is 5.01 Å². The lowest BCUT2D eigenvalue weighted by atomic mass is 9.85. The molecule has 0 aliphatic carbocycles. The Morgan fingerprint density at radius 2 is 2.00 bits per heavy atom. The summed E-state index contributed by atoms with van der Waals surface area (Å²) < 4.78 is 5.66. The molecule has 4 N–H and O–H groups in total. The fourth-order valence-electron chi connectivity index (χ4n) is 3.98. The minimum atomic E-state index is -0.242. The van der Waals surface area contributed by atoms with E-state index in [2.05, 4.69) is 34.9 Å². The summed E-state index contributed by atoms with van der Waals surface area (Å²) in [5.41, 5.74) is 4.32. The van der Waals surface area contributed by atoms with Gasteiger partial charge in [-0.05, 0) is 35.7 Å². The molecule has 0 atom stereocenters. The first-order valence-corrected chi connectivity index (χ1v) is 10.4. The van der Waals surface area contributed by atoms with Gasteiger partial charge in [0.1, 0.15) is 5.84 Å².